The summed E-state index contributed by atoms with van der Waals surface area (Å²) in [6.07, 6.45) is 19.5. The summed E-state index contributed by atoms with van der Waals surface area (Å²) < 4.78 is 32.8. The molecule has 0 aromatic rings. The lowest BCUT2D eigenvalue weighted by molar-refractivity contribution is 0.147. The van der Waals surface area contributed by atoms with Crippen LogP contribution in [0.25, 0.3) is 0 Å². The molecule has 0 aromatic carbocycles. The Balaban J connectivity index is 3.81. The molecule has 0 aliphatic carbocycles. The third-order valence-corrected chi connectivity index (χ3v) is 7.07. The van der Waals surface area contributed by atoms with Crippen molar-refractivity contribution in [3.8, 4) is 0 Å². The summed E-state index contributed by atoms with van der Waals surface area (Å²) in [4.78, 5) is 0. The number of hydrogen-bond acceptors (Lipinski definition) is 3. The number of aliphatic hydroxyl groups is 1. The summed E-state index contributed by atoms with van der Waals surface area (Å²) in [5.74, 6) is 0. The Kier molecular flexibility index (Phi) is 18.8. The molecule has 4 nitrogen and oxygen atoms in total. The molecule has 0 bridgehead atoms. The first kappa shape index (κ1) is 27.9. The molecule has 0 rings (SSSR count). The van der Waals surface area contributed by atoms with Gasteiger partial charge in [-0.3, -0.25) is 4.55 Å². The number of aliphatic hydroxyl groups excluding tert-OH is 1. The highest BCUT2D eigenvalue weighted by Gasteiger charge is 2.22. The van der Waals surface area contributed by atoms with Gasteiger partial charge in [-0.25, -0.2) is 0 Å². The largest absolute Gasteiger partial charge is 0.393 e. The molecule has 5 heteroatoms. The van der Waals surface area contributed by atoms with Crippen LogP contribution in [0.15, 0.2) is 0 Å². The molecule has 2 N–H and O–H groups in total. The van der Waals surface area contributed by atoms with Crippen LogP contribution < -0.4 is 0 Å². The molecule has 0 aliphatic heterocycles. The molecule has 0 amide bonds. The van der Waals surface area contributed by atoms with Gasteiger partial charge in [0, 0.05) is 0 Å². The van der Waals surface area contributed by atoms with Gasteiger partial charge in [-0.2, -0.15) is 8.42 Å². The molecule has 170 valence electrons. The van der Waals surface area contributed by atoms with Crippen LogP contribution in [0.3, 0.4) is 0 Å². The molecule has 0 aromatic heterocycles. The number of hydrogen-bond donors (Lipinski definition) is 2. The Bertz CT molecular complexity index is 422. The van der Waals surface area contributed by atoms with Gasteiger partial charge in [-0.15, -0.1) is 0 Å². The zero-order valence-corrected chi connectivity index (χ0v) is 19.5. The molecule has 28 heavy (non-hydrogen) atoms. The van der Waals surface area contributed by atoms with Crippen molar-refractivity contribution in [3.63, 3.8) is 0 Å². The van der Waals surface area contributed by atoms with Crippen LogP contribution >= 0.6 is 0 Å². The van der Waals surface area contributed by atoms with Crippen molar-refractivity contribution < 1.29 is 18.1 Å². The summed E-state index contributed by atoms with van der Waals surface area (Å²) in [7, 11) is -3.96. The van der Waals surface area contributed by atoms with Crippen molar-refractivity contribution in [2.75, 3.05) is 0 Å². The van der Waals surface area contributed by atoms with Crippen LogP contribution in [0.4, 0.5) is 0 Å². The fourth-order valence-corrected chi connectivity index (χ4v) is 4.76. The van der Waals surface area contributed by atoms with Crippen molar-refractivity contribution >= 4 is 10.1 Å². The quantitative estimate of drug-likeness (QED) is 0.154. The average Bonchev–Trinajstić information content (AvgIpc) is 2.64. The molecule has 0 fully saturated rings. The highest BCUT2D eigenvalue weighted by atomic mass is 32.2. The van der Waals surface area contributed by atoms with Crippen LogP contribution in [-0.4, -0.2) is 29.4 Å². The molecule has 2 unspecified atom stereocenters. The van der Waals surface area contributed by atoms with Gasteiger partial charge in [0.15, 0.2) is 0 Å². The van der Waals surface area contributed by atoms with E-state index in [9.17, 15) is 18.1 Å². The minimum absolute atomic E-state index is 0.265. The highest BCUT2D eigenvalue weighted by molar-refractivity contribution is 7.86. The Morgan fingerprint density at radius 3 is 1.32 bits per heavy atom. The van der Waals surface area contributed by atoms with Crippen molar-refractivity contribution in [1.29, 1.82) is 0 Å². The van der Waals surface area contributed by atoms with Crippen LogP contribution in [-0.2, 0) is 10.1 Å². The summed E-state index contributed by atoms with van der Waals surface area (Å²) in [6, 6.07) is 0. The Hall–Kier alpha value is -0.130. The first-order valence-electron chi connectivity index (χ1n) is 12.1. The first-order chi connectivity index (χ1) is 13.4. The van der Waals surface area contributed by atoms with Gasteiger partial charge in [-0.1, -0.05) is 110 Å². The van der Waals surface area contributed by atoms with E-state index in [1.165, 1.54) is 57.8 Å². The minimum Gasteiger partial charge on any atom is -0.393 e. The maximum absolute atomic E-state index is 11.6. The maximum atomic E-state index is 11.6. The second-order valence-corrected chi connectivity index (χ2v) is 10.2. The summed E-state index contributed by atoms with van der Waals surface area (Å²) >= 11 is 0. The van der Waals surface area contributed by atoms with Crippen LogP contribution in [0.1, 0.15) is 136 Å². The van der Waals surface area contributed by atoms with Gasteiger partial charge in [-0.05, 0) is 25.7 Å². The molecule has 0 saturated carbocycles. The maximum Gasteiger partial charge on any atom is 0.267 e. The number of rotatable bonds is 21. The average molecular weight is 421 g/mol. The Morgan fingerprint density at radius 1 is 0.571 bits per heavy atom. The van der Waals surface area contributed by atoms with E-state index < -0.39 is 15.4 Å². The minimum atomic E-state index is -3.96. The molecule has 0 spiro atoms. The van der Waals surface area contributed by atoms with Gasteiger partial charge in [0.05, 0.1) is 11.4 Å². The SMILES string of the molecule is CCCCCCCCCCC(CCCCC(O)CCCCCCC)S(=O)(=O)O. The molecular formula is C23H48O4S. The normalized spacial score (nSPS) is 14.3. The third kappa shape index (κ3) is 17.9. The van der Waals surface area contributed by atoms with Crippen molar-refractivity contribution in [1.82, 2.24) is 0 Å². The van der Waals surface area contributed by atoms with E-state index in [0.29, 0.717) is 12.8 Å². The zero-order chi connectivity index (χ0) is 21.1. The standard InChI is InChI=1S/C23H48O4S/c1-3-5-7-9-10-11-13-15-20-23(28(25,26)27)21-17-16-19-22(24)18-14-12-8-6-4-2/h22-24H,3-21H2,1-2H3,(H,25,26,27). The topological polar surface area (TPSA) is 74.6 Å². The van der Waals surface area contributed by atoms with Crippen LogP contribution in [0.2, 0.25) is 0 Å². The molecule has 0 radical (unpaired) electrons. The molecule has 2 atom stereocenters. The van der Waals surface area contributed by atoms with Crippen molar-refractivity contribution in [2.45, 2.75) is 147 Å². The fourth-order valence-electron chi connectivity index (χ4n) is 3.83. The zero-order valence-electron chi connectivity index (χ0n) is 18.7. The van der Waals surface area contributed by atoms with E-state index in [0.717, 1.165) is 51.4 Å². The summed E-state index contributed by atoms with van der Waals surface area (Å²) in [5, 5.41) is 9.41. The third-order valence-electron chi connectivity index (χ3n) is 5.76. The second-order valence-electron chi connectivity index (χ2n) is 8.54. The van der Waals surface area contributed by atoms with Gasteiger partial charge in [0.2, 0.25) is 0 Å². The lowest BCUT2D eigenvalue weighted by Gasteiger charge is -2.15. The molecule has 0 aliphatic rings. The van der Waals surface area contributed by atoms with E-state index in [1.807, 2.05) is 0 Å². The van der Waals surface area contributed by atoms with E-state index in [2.05, 4.69) is 13.8 Å². The Labute approximate surface area is 175 Å². The summed E-state index contributed by atoms with van der Waals surface area (Å²) in [5.41, 5.74) is 0. The van der Waals surface area contributed by atoms with E-state index in [-0.39, 0.29) is 6.10 Å². The van der Waals surface area contributed by atoms with E-state index in [1.54, 1.807) is 0 Å². The lowest BCUT2D eigenvalue weighted by Crippen LogP contribution is -2.20. The predicted molar refractivity (Wildman–Crippen MR) is 120 cm³/mol. The highest BCUT2D eigenvalue weighted by Crippen LogP contribution is 2.20. The van der Waals surface area contributed by atoms with Gasteiger partial charge in [0.25, 0.3) is 10.1 Å². The second kappa shape index (κ2) is 18.9. The summed E-state index contributed by atoms with van der Waals surface area (Å²) in [6.45, 7) is 4.41. The van der Waals surface area contributed by atoms with E-state index in [4.69, 9.17) is 0 Å². The molecule has 0 saturated heterocycles. The predicted octanol–water partition coefficient (Wildman–Crippen LogP) is 7.06. The lowest BCUT2D eigenvalue weighted by atomic mass is 10.0. The van der Waals surface area contributed by atoms with Crippen LogP contribution in [0, 0.1) is 0 Å². The first-order valence-corrected chi connectivity index (χ1v) is 13.6. The molecular weight excluding hydrogens is 372 g/mol. The smallest absolute Gasteiger partial charge is 0.267 e. The van der Waals surface area contributed by atoms with Gasteiger partial charge in [0.1, 0.15) is 0 Å². The monoisotopic (exact) mass is 420 g/mol. The van der Waals surface area contributed by atoms with Gasteiger partial charge >= 0.3 is 0 Å². The van der Waals surface area contributed by atoms with Crippen molar-refractivity contribution in [3.05, 3.63) is 0 Å². The fraction of sp³-hybridized carbons (Fsp3) is 1.00. The van der Waals surface area contributed by atoms with Crippen LogP contribution in [0.5, 0.6) is 0 Å². The number of unbranched alkanes of at least 4 members (excludes halogenated alkanes) is 12. The van der Waals surface area contributed by atoms with Crippen molar-refractivity contribution in [2.24, 2.45) is 0 Å². The van der Waals surface area contributed by atoms with E-state index >= 15 is 0 Å². The Morgan fingerprint density at radius 2 is 0.893 bits per heavy atom. The molecule has 0 heterocycles. The van der Waals surface area contributed by atoms with Gasteiger partial charge < -0.3 is 5.11 Å².